The fourth-order valence-electron chi connectivity index (χ4n) is 3.02. The standard InChI is InChI=1S/C18H23NO/c1-14(13-19-16-9-3-4-10-16)20-18-12-6-8-15-7-2-5-11-17(15)18/h2,5-8,11-12,14,16,19H,3-4,9-10,13H2,1H3. The summed E-state index contributed by atoms with van der Waals surface area (Å²) in [6, 6.07) is 15.3. The minimum Gasteiger partial charge on any atom is -0.489 e. The van der Waals surface area contributed by atoms with E-state index in [1.54, 1.807) is 0 Å². The summed E-state index contributed by atoms with van der Waals surface area (Å²) < 4.78 is 6.12. The van der Waals surface area contributed by atoms with E-state index in [0.29, 0.717) is 6.04 Å². The molecule has 3 rings (SSSR count). The normalized spacial score (nSPS) is 17.4. The molecule has 20 heavy (non-hydrogen) atoms. The lowest BCUT2D eigenvalue weighted by Gasteiger charge is -2.19. The van der Waals surface area contributed by atoms with Crippen molar-refractivity contribution < 1.29 is 4.74 Å². The number of rotatable bonds is 5. The summed E-state index contributed by atoms with van der Waals surface area (Å²) in [7, 11) is 0. The fraction of sp³-hybridized carbons (Fsp3) is 0.444. The first-order valence-corrected chi connectivity index (χ1v) is 7.71. The van der Waals surface area contributed by atoms with Gasteiger partial charge in [0.1, 0.15) is 11.9 Å². The molecular weight excluding hydrogens is 246 g/mol. The summed E-state index contributed by atoms with van der Waals surface area (Å²) >= 11 is 0. The third-order valence-electron chi connectivity index (χ3n) is 4.13. The third-order valence-corrected chi connectivity index (χ3v) is 4.13. The van der Waals surface area contributed by atoms with Crippen molar-refractivity contribution in [2.75, 3.05) is 6.54 Å². The highest BCUT2D eigenvalue weighted by Gasteiger charge is 2.15. The Labute approximate surface area is 121 Å². The lowest BCUT2D eigenvalue weighted by molar-refractivity contribution is 0.214. The van der Waals surface area contributed by atoms with Crippen molar-refractivity contribution >= 4 is 10.8 Å². The van der Waals surface area contributed by atoms with E-state index in [9.17, 15) is 0 Å². The second-order valence-electron chi connectivity index (χ2n) is 5.80. The monoisotopic (exact) mass is 269 g/mol. The summed E-state index contributed by atoms with van der Waals surface area (Å²) in [5.41, 5.74) is 0. The first-order chi connectivity index (χ1) is 9.83. The van der Waals surface area contributed by atoms with E-state index in [4.69, 9.17) is 4.74 Å². The van der Waals surface area contributed by atoms with Crippen molar-refractivity contribution in [3.8, 4) is 5.75 Å². The topological polar surface area (TPSA) is 21.3 Å². The summed E-state index contributed by atoms with van der Waals surface area (Å²) in [5.74, 6) is 0.990. The summed E-state index contributed by atoms with van der Waals surface area (Å²) in [4.78, 5) is 0. The summed E-state index contributed by atoms with van der Waals surface area (Å²) in [6.45, 7) is 3.07. The van der Waals surface area contributed by atoms with Crippen molar-refractivity contribution in [3.63, 3.8) is 0 Å². The van der Waals surface area contributed by atoms with Gasteiger partial charge in [-0.1, -0.05) is 49.2 Å². The molecule has 0 aromatic heterocycles. The quantitative estimate of drug-likeness (QED) is 0.881. The average Bonchev–Trinajstić information content (AvgIpc) is 2.99. The van der Waals surface area contributed by atoms with E-state index in [-0.39, 0.29) is 6.10 Å². The molecule has 2 heteroatoms. The van der Waals surface area contributed by atoms with Crippen LogP contribution in [0.25, 0.3) is 10.8 Å². The Morgan fingerprint density at radius 2 is 1.85 bits per heavy atom. The second kappa shape index (κ2) is 6.27. The molecule has 1 aliphatic carbocycles. The largest absolute Gasteiger partial charge is 0.489 e. The van der Waals surface area contributed by atoms with Crippen LogP contribution in [0.3, 0.4) is 0 Å². The Kier molecular flexibility index (Phi) is 4.22. The maximum absolute atomic E-state index is 6.12. The molecule has 1 fully saturated rings. The molecule has 1 saturated carbocycles. The lowest BCUT2D eigenvalue weighted by atomic mass is 10.1. The molecule has 1 N–H and O–H groups in total. The molecule has 2 nitrogen and oxygen atoms in total. The first-order valence-electron chi connectivity index (χ1n) is 7.71. The van der Waals surface area contributed by atoms with Crippen molar-refractivity contribution in [1.82, 2.24) is 5.32 Å². The van der Waals surface area contributed by atoms with Crippen LogP contribution in [0.2, 0.25) is 0 Å². The molecule has 0 saturated heterocycles. The molecule has 0 spiro atoms. The SMILES string of the molecule is CC(CNC1CCCC1)Oc1cccc2ccccc12. The molecule has 0 radical (unpaired) electrons. The maximum atomic E-state index is 6.12. The van der Waals surface area contributed by atoms with E-state index in [0.717, 1.165) is 12.3 Å². The van der Waals surface area contributed by atoms with E-state index in [2.05, 4.69) is 54.7 Å². The second-order valence-corrected chi connectivity index (χ2v) is 5.80. The van der Waals surface area contributed by atoms with E-state index in [1.165, 1.54) is 36.5 Å². The van der Waals surface area contributed by atoms with Crippen LogP contribution in [-0.4, -0.2) is 18.7 Å². The van der Waals surface area contributed by atoms with E-state index >= 15 is 0 Å². The Bertz CT molecular complexity index is 555. The Balaban J connectivity index is 1.63. The number of nitrogens with one attached hydrogen (secondary N) is 1. The van der Waals surface area contributed by atoms with E-state index < -0.39 is 0 Å². The highest BCUT2D eigenvalue weighted by molar-refractivity contribution is 5.88. The van der Waals surface area contributed by atoms with Gasteiger partial charge in [-0.05, 0) is 31.2 Å². The van der Waals surface area contributed by atoms with Crippen LogP contribution in [0.5, 0.6) is 5.75 Å². The molecule has 0 bridgehead atoms. The smallest absolute Gasteiger partial charge is 0.127 e. The van der Waals surface area contributed by atoms with Crippen molar-refractivity contribution in [2.45, 2.75) is 44.8 Å². The number of ether oxygens (including phenoxy) is 1. The van der Waals surface area contributed by atoms with Gasteiger partial charge in [-0.25, -0.2) is 0 Å². The van der Waals surface area contributed by atoms with E-state index in [1.807, 2.05) is 0 Å². The van der Waals surface area contributed by atoms with Gasteiger partial charge in [0.2, 0.25) is 0 Å². The van der Waals surface area contributed by atoms with Crippen LogP contribution < -0.4 is 10.1 Å². The molecule has 0 aliphatic heterocycles. The Hall–Kier alpha value is -1.54. The average molecular weight is 269 g/mol. The molecule has 106 valence electrons. The van der Waals surface area contributed by atoms with Gasteiger partial charge in [-0.3, -0.25) is 0 Å². The van der Waals surface area contributed by atoms with Crippen LogP contribution in [0.4, 0.5) is 0 Å². The molecule has 1 unspecified atom stereocenters. The zero-order chi connectivity index (χ0) is 13.8. The Morgan fingerprint density at radius 1 is 1.10 bits per heavy atom. The fourth-order valence-corrected chi connectivity index (χ4v) is 3.02. The molecule has 0 amide bonds. The van der Waals surface area contributed by atoms with Crippen molar-refractivity contribution in [2.24, 2.45) is 0 Å². The predicted molar refractivity (Wildman–Crippen MR) is 84.3 cm³/mol. The van der Waals surface area contributed by atoms with Gasteiger partial charge in [-0.2, -0.15) is 0 Å². The minimum absolute atomic E-state index is 0.196. The molecule has 2 aromatic carbocycles. The zero-order valence-corrected chi connectivity index (χ0v) is 12.1. The number of benzene rings is 2. The third kappa shape index (κ3) is 3.13. The highest BCUT2D eigenvalue weighted by Crippen LogP contribution is 2.26. The zero-order valence-electron chi connectivity index (χ0n) is 12.1. The van der Waals surface area contributed by atoms with Gasteiger partial charge < -0.3 is 10.1 Å². The molecule has 1 aliphatic rings. The minimum atomic E-state index is 0.196. The van der Waals surface area contributed by atoms with Crippen LogP contribution >= 0.6 is 0 Å². The highest BCUT2D eigenvalue weighted by atomic mass is 16.5. The number of fused-ring (bicyclic) bond motifs is 1. The summed E-state index contributed by atoms with van der Waals surface area (Å²) in [6.07, 6.45) is 5.58. The molecule has 2 aromatic rings. The first kappa shape index (κ1) is 13.4. The number of hydrogen-bond acceptors (Lipinski definition) is 2. The van der Waals surface area contributed by atoms with Gasteiger partial charge in [0.05, 0.1) is 0 Å². The number of hydrogen-bond donors (Lipinski definition) is 1. The van der Waals surface area contributed by atoms with Gasteiger partial charge >= 0.3 is 0 Å². The van der Waals surface area contributed by atoms with Crippen molar-refractivity contribution in [3.05, 3.63) is 42.5 Å². The van der Waals surface area contributed by atoms with Gasteiger partial charge in [-0.15, -0.1) is 0 Å². The van der Waals surface area contributed by atoms with Crippen LogP contribution in [-0.2, 0) is 0 Å². The van der Waals surface area contributed by atoms with Gasteiger partial charge in [0.25, 0.3) is 0 Å². The maximum Gasteiger partial charge on any atom is 0.127 e. The Morgan fingerprint density at radius 3 is 2.70 bits per heavy atom. The predicted octanol–water partition coefficient (Wildman–Crippen LogP) is 4.14. The van der Waals surface area contributed by atoms with Crippen LogP contribution in [0, 0.1) is 0 Å². The van der Waals surface area contributed by atoms with Crippen molar-refractivity contribution in [1.29, 1.82) is 0 Å². The lowest BCUT2D eigenvalue weighted by Crippen LogP contribution is -2.35. The van der Waals surface area contributed by atoms with Crippen LogP contribution in [0.1, 0.15) is 32.6 Å². The van der Waals surface area contributed by atoms with Crippen LogP contribution in [0.15, 0.2) is 42.5 Å². The summed E-state index contributed by atoms with van der Waals surface area (Å²) in [5, 5.41) is 6.06. The van der Waals surface area contributed by atoms with Gasteiger partial charge in [0, 0.05) is 18.0 Å². The molecule has 1 atom stereocenters. The molecule has 0 heterocycles. The molecular formula is C18H23NO. The van der Waals surface area contributed by atoms with Gasteiger partial charge in [0.15, 0.2) is 0 Å².